The van der Waals surface area contributed by atoms with Gasteiger partial charge in [0.05, 0.1) is 0 Å². The fourth-order valence-corrected chi connectivity index (χ4v) is 1.68. The van der Waals surface area contributed by atoms with Crippen LogP contribution in [0.4, 0.5) is 0 Å². The molecule has 2 unspecified atom stereocenters. The van der Waals surface area contributed by atoms with E-state index in [0.29, 0.717) is 25.0 Å². The summed E-state index contributed by atoms with van der Waals surface area (Å²) in [6.45, 7) is 6.02. The first kappa shape index (κ1) is 10.5. The molecule has 0 aromatic heterocycles. The van der Waals surface area contributed by atoms with Gasteiger partial charge in [0.15, 0.2) is 0 Å². The van der Waals surface area contributed by atoms with Crippen molar-refractivity contribution < 1.29 is 9.53 Å². The molecular weight excluding hydrogens is 168 g/mol. The molecule has 1 rings (SSSR count). The molecule has 0 aromatic carbocycles. The Balaban J connectivity index is 2.17. The van der Waals surface area contributed by atoms with E-state index in [2.05, 4.69) is 16.6 Å². The third kappa shape index (κ3) is 3.32. The van der Waals surface area contributed by atoms with Crippen LogP contribution in [0.25, 0.3) is 0 Å². The predicted octanol–water partition coefficient (Wildman–Crippen LogP) is -0.171. The lowest BCUT2D eigenvalue weighted by Gasteiger charge is -2.34. The fourth-order valence-electron chi connectivity index (χ4n) is 1.68. The monoisotopic (exact) mass is 186 g/mol. The Labute approximate surface area is 79.0 Å². The van der Waals surface area contributed by atoms with Gasteiger partial charge in [0.1, 0.15) is 6.61 Å². The number of nitrogens with zero attached hydrogens (tertiary/aromatic N) is 1. The van der Waals surface area contributed by atoms with Crippen LogP contribution in [-0.4, -0.2) is 43.7 Å². The first-order valence-electron chi connectivity index (χ1n) is 4.77. The van der Waals surface area contributed by atoms with Crippen molar-refractivity contribution in [2.24, 2.45) is 11.7 Å². The highest BCUT2D eigenvalue weighted by atomic mass is 16.5. The Morgan fingerprint density at radius 1 is 1.69 bits per heavy atom. The SMILES string of the molecule is CC1CN(CCOC=O)CCC1N. The number of likely N-dealkylation sites (tertiary alicyclic amines) is 1. The van der Waals surface area contributed by atoms with Crippen LogP contribution in [0.3, 0.4) is 0 Å². The number of carbonyl (C=O) groups excluding carboxylic acids is 1. The van der Waals surface area contributed by atoms with Crippen LogP contribution >= 0.6 is 0 Å². The smallest absolute Gasteiger partial charge is 0.293 e. The minimum atomic E-state index is 0.336. The zero-order chi connectivity index (χ0) is 9.68. The van der Waals surface area contributed by atoms with Crippen LogP contribution in [0.1, 0.15) is 13.3 Å². The van der Waals surface area contributed by atoms with Crippen molar-refractivity contribution in [3.05, 3.63) is 0 Å². The Morgan fingerprint density at radius 3 is 3.08 bits per heavy atom. The summed E-state index contributed by atoms with van der Waals surface area (Å²) in [5.41, 5.74) is 5.88. The summed E-state index contributed by atoms with van der Waals surface area (Å²) in [4.78, 5) is 12.2. The minimum Gasteiger partial charge on any atom is -0.467 e. The topological polar surface area (TPSA) is 55.6 Å². The summed E-state index contributed by atoms with van der Waals surface area (Å²) in [5.74, 6) is 0.546. The Kier molecular flexibility index (Phi) is 4.18. The van der Waals surface area contributed by atoms with Crippen LogP contribution in [0.5, 0.6) is 0 Å². The van der Waals surface area contributed by atoms with Crippen molar-refractivity contribution in [2.75, 3.05) is 26.2 Å². The number of rotatable bonds is 4. The second kappa shape index (κ2) is 5.19. The third-order valence-corrected chi connectivity index (χ3v) is 2.65. The number of piperidine rings is 1. The molecule has 1 saturated heterocycles. The van der Waals surface area contributed by atoms with Gasteiger partial charge in [-0.15, -0.1) is 0 Å². The second-order valence-electron chi connectivity index (χ2n) is 3.70. The van der Waals surface area contributed by atoms with Gasteiger partial charge in [-0.3, -0.25) is 9.69 Å². The first-order valence-corrected chi connectivity index (χ1v) is 4.77. The number of carbonyl (C=O) groups is 1. The first-order chi connectivity index (χ1) is 6.24. The van der Waals surface area contributed by atoms with E-state index in [-0.39, 0.29) is 0 Å². The maximum absolute atomic E-state index is 9.90. The summed E-state index contributed by atoms with van der Waals surface area (Å²) in [6.07, 6.45) is 1.04. The molecule has 0 spiro atoms. The number of nitrogens with two attached hydrogens (primary N) is 1. The van der Waals surface area contributed by atoms with E-state index < -0.39 is 0 Å². The molecule has 4 nitrogen and oxygen atoms in total. The average molecular weight is 186 g/mol. The van der Waals surface area contributed by atoms with E-state index in [1.807, 2.05) is 0 Å². The third-order valence-electron chi connectivity index (χ3n) is 2.65. The largest absolute Gasteiger partial charge is 0.467 e. The Hall–Kier alpha value is -0.610. The van der Waals surface area contributed by atoms with E-state index >= 15 is 0 Å². The Morgan fingerprint density at radius 2 is 2.46 bits per heavy atom. The molecule has 0 aromatic rings. The van der Waals surface area contributed by atoms with E-state index in [1.54, 1.807) is 0 Å². The molecule has 0 bridgehead atoms. The van der Waals surface area contributed by atoms with E-state index in [9.17, 15) is 4.79 Å². The molecule has 1 fully saturated rings. The molecule has 1 aliphatic rings. The average Bonchev–Trinajstić information content (AvgIpc) is 2.12. The zero-order valence-corrected chi connectivity index (χ0v) is 8.11. The normalized spacial score (nSPS) is 30.0. The number of hydrogen-bond acceptors (Lipinski definition) is 4. The number of ether oxygens (including phenoxy) is 1. The minimum absolute atomic E-state index is 0.336. The number of hydrogen-bond donors (Lipinski definition) is 1. The highest BCUT2D eigenvalue weighted by Crippen LogP contribution is 2.13. The van der Waals surface area contributed by atoms with Crippen molar-refractivity contribution in [2.45, 2.75) is 19.4 Å². The van der Waals surface area contributed by atoms with Crippen LogP contribution in [0.15, 0.2) is 0 Å². The lowest BCUT2D eigenvalue weighted by Crippen LogP contribution is -2.46. The summed E-state index contributed by atoms with van der Waals surface area (Å²) in [5, 5.41) is 0. The van der Waals surface area contributed by atoms with Crippen molar-refractivity contribution in [3.8, 4) is 0 Å². The second-order valence-corrected chi connectivity index (χ2v) is 3.70. The fraction of sp³-hybridized carbons (Fsp3) is 0.889. The summed E-state index contributed by atoms with van der Waals surface area (Å²) in [7, 11) is 0. The Bertz CT molecular complexity index is 164. The highest BCUT2D eigenvalue weighted by Gasteiger charge is 2.22. The van der Waals surface area contributed by atoms with Gasteiger partial charge in [-0.05, 0) is 18.9 Å². The lowest BCUT2D eigenvalue weighted by atomic mass is 9.95. The van der Waals surface area contributed by atoms with Crippen LogP contribution in [0, 0.1) is 5.92 Å². The summed E-state index contributed by atoms with van der Waals surface area (Å²) in [6, 6.07) is 0.336. The molecule has 13 heavy (non-hydrogen) atoms. The summed E-state index contributed by atoms with van der Waals surface area (Å²) < 4.78 is 4.64. The van der Waals surface area contributed by atoms with Crippen molar-refractivity contribution in [1.29, 1.82) is 0 Å². The van der Waals surface area contributed by atoms with E-state index in [0.717, 1.165) is 26.1 Å². The zero-order valence-electron chi connectivity index (χ0n) is 8.11. The summed E-state index contributed by atoms with van der Waals surface area (Å²) >= 11 is 0. The molecule has 0 aliphatic carbocycles. The predicted molar refractivity (Wildman–Crippen MR) is 50.2 cm³/mol. The van der Waals surface area contributed by atoms with Gasteiger partial charge >= 0.3 is 0 Å². The van der Waals surface area contributed by atoms with E-state index in [1.165, 1.54) is 0 Å². The molecule has 4 heteroatoms. The van der Waals surface area contributed by atoms with Gasteiger partial charge in [-0.25, -0.2) is 0 Å². The standard InChI is InChI=1S/C9H18N2O2/c1-8-6-11(3-2-9(8)10)4-5-13-7-12/h7-9H,2-6,10H2,1H3. The molecule has 1 heterocycles. The van der Waals surface area contributed by atoms with Gasteiger partial charge < -0.3 is 10.5 Å². The maximum Gasteiger partial charge on any atom is 0.293 e. The van der Waals surface area contributed by atoms with Crippen molar-refractivity contribution >= 4 is 6.47 Å². The quantitative estimate of drug-likeness (QED) is 0.489. The molecule has 0 amide bonds. The van der Waals surface area contributed by atoms with Gasteiger partial charge in [-0.2, -0.15) is 0 Å². The molecule has 2 atom stereocenters. The van der Waals surface area contributed by atoms with Crippen LogP contribution < -0.4 is 5.73 Å². The molecule has 1 aliphatic heterocycles. The van der Waals surface area contributed by atoms with Crippen LogP contribution in [0.2, 0.25) is 0 Å². The molecular formula is C9H18N2O2. The van der Waals surface area contributed by atoms with Crippen molar-refractivity contribution in [1.82, 2.24) is 4.90 Å². The van der Waals surface area contributed by atoms with Crippen LogP contribution in [-0.2, 0) is 9.53 Å². The van der Waals surface area contributed by atoms with Gasteiger partial charge in [-0.1, -0.05) is 6.92 Å². The van der Waals surface area contributed by atoms with Crippen molar-refractivity contribution in [3.63, 3.8) is 0 Å². The molecule has 0 saturated carbocycles. The van der Waals surface area contributed by atoms with Gasteiger partial charge in [0.2, 0.25) is 0 Å². The van der Waals surface area contributed by atoms with Gasteiger partial charge in [0.25, 0.3) is 6.47 Å². The van der Waals surface area contributed by atoms with E-state index in [4.69, 9.17) is 5.73 Å². The molecule has 2 N–H and O–H groups in total. The molecule has 0 radical (unpaired) electrons. The van der Waals surface area contributed by atoms with Gasteiger partial charge in [0, 0.05) is 19.1 Å². The maximum atomic E-state index is 9.90. The lowest BCUT2D eigenvalue weighted by molar-refractivity contribution is -0.129. The highest BCUT2D eigenvalue weighted by molar-refractivity contribution is 5.36. The molecule has 76 valence electrons.